The topological polar surface area (TPSA) is 38.8 Å². The third-order valence-electron chi connectivity index (χ3n) is 4.46. The number of carbonyl (C=O) groups is 1. The van der Waals surface area contributed by atoms with Gasteiger partial charge >= 0.3 is 0 Å². The second-order valence-electron chi connectivity index (χ2n) is 6.06. The Hall–Kier alpha value is -1.75. The lowest BCUT2D eigenvalue weighted by Gasteiger charge is -2.39. The fourth-order valence-corrected chi connectivity index (χ4v) is 3.13. The Morgan fingerprint density at radius 2 is 1.76 bits per heavy atom. The minimum absolute atomic E-state index is 0.196. The molecule has 1 atom stereocenters. The van der Waals surface area contributed by atoms with Crippen molar-refractivity contribution < 1.29 is 4.79 Å². The van der Waals surface area contributed by atoms with Crippen LogP contribution in [0.15, 0.2) is 24.3 Å². The van der Waals surface area contributed by atoms with Crippen LogP contribution in [-0.2, 0) is 4.79 Å². The highest BCUT2D eigenvalue weighted by Gasteiger charge is 2.29. The highest BCUT2D eigenvalue weighted by Crippen LogP contribution is 2.22. The summed E-state index contributed by atoms with van der Waals surface area (Å²) >= 11 is 0. The molecule has 1 unspecified atom stereocenters. The summed E-state index contributed by atoms with van der Waals surface area (Å²) in [6.07, 6.45) is 1.89. The number of nitrogens with one attached hydrogen (secondary N) is 1. The van der Waals surface area contributed by atoms with Crippen LogP contribution in [0.1, 0.15) is 12.8 Å². The molecule has 0 aromatic heterocycles. The Morgan fingerprint density at radius 3 is 2.29 bits per heavy atom. The lowest BCUT2D eigenvalue weighted by molar-refractivity contribution is -0.119. The van der Waals surface area contributed by atoms with Gasteiger partial charge in [0.1, 0.15) is 0 Å². The number of benzene rings is 1. The van der Waals surface area contributed by atoms with E-state index in [-0.39, 0.29) is 12.1 Å². The lowest BCUT2D eigenvalue weighted by atomic mass is 10.2. The summed E-state index contributed by atoms with van der Waals surface area (Å²) < 4.78 is 0. The standard InChI is InChI=1S/C16H24N4O/c1-18(2)13-3-5-14(6-4-13)19-9-11-20(12-10-19)15-7-8-16(21)17-15/h3-6,15H,7-12H2,1-2H3,(H,17,21). The van der Waals surface area contributed by atoms with E-state index in [1.807, 2.05) is 0 Å². The van der Waals surface area contributed by atoms with Crippen molar-refractivity contribution >= 4 is 17.3 Å². The van der Waals surface area contributed by atoms with Crippen LogP contribution in [-0.4, -0.2) is 57.2 Å². The summed E-state index contributed by atoms with van der Waals surface area (Å²) in [5.74, 6) is 0.196. The van der Waals surface area contributed by atoms with Crippen LogP contribution >= 0.6 is 0 Å². The van der Waals surface area contributed by atoms with Gasteiger partial charge in [-0.3, -0.25) is 9.69 Å². The summed E-state index contributed by atoms with van der Waals surface area (Å²) in [4.78, 5) is 18.3. The van der Waals surface area contributed by atoms with Crippen molar-refractivity contribution in [3.63, 3.8) is 0 Å². The van der Waals surface area contributed by atoms with Crippen LogP contribution in [0, 0.1) is 0 Å². The van der Waals surface area contributed by atoms with Crippen LogP contribution in [0.5, 0.6) is 0 Å². The summed E-state index contributed by atoms with van der Waals surface area (Å²) in [5, 5.41) is 3.06. The number of hydrogen-bond acceptors (Lipinski definition) is 4. The molecule has 21 heavy (non-hydrogen) atoms. The van der Waals surface area contributed by atoms with E-state index < -0.39 is 0 Å². The Morgan fingerprint density at radius 1 is 1.10 bits per heavy atom. The van der Waals surface area contributed by atoms with Crippen molar-refractivity contribution in [1.82, 2.24) is 10.2 Å². The lowest BCUT2D eigenvalue weighted by Crippen LogP contribution is -2.53. The summed E-state index contributed by atoms with van der Waals surface area (Å²) in [6, 6.07) is 8.72. The largest absolute Gasteiger partial charge is 0.378 e. The average molecular weight is 288 g/mol. The molecule has 2 aliphatic rings. The predicted molar refractivity (Wildman–Crippen MR) is 85.7 cm³/mol. The molecule has 2 aliphatic heterocycles. The van der Waals surface area contributed by atoms with Gasteiger partial charge in [0, 0.05) is 58.1 Å². The van der Waals surface area contributed by atoms with E-state index in [1.165, 1.54) is 11.4 Å². The van der Waals surface area contributed by atoms with E-state index in [9.17, 15) is 4.79 Å². The monoisotopic (exact) mass is 288 g/mol. The van der Waals surface area contributed by atoms with Crippen molar-refractivity contribution in [3.8, 4) is 0 Å². The van der Waals surface area contributed by atoms with Crippen molar-refractivity contribution in [2.75, 3.05) is 50.1 Å². The molecule has 2 saturated heterocycles. The predicted octanol–water partition coefficient (Wildman–Crippen LogP) is 1.11. The molecule has 3 rings (SSSR count). The van der Waals surface area contributed by atoms with Crippen LogP contribution < -0.4 is 15.1 Å². The minimum atomic E-state index is 0.196. The molecule has 2 fully saturated rings. The second-order valence-corrected chi connectivity index (χ2v) is 6.06. The van der Waals surface area contributed by atoms with Crippen molar-refractivity contribution in [3.05, 3.63) is 24.3 Å². The molecule has 0 radical (unpaired) electrons. The first-order valence-electron chi connectivity index (χ1n) is 7.69. The molecule has 0 saturated carbocycles. The van der Waals surface area contributed by atoms with Gasteiger partial charge in [0.05, 0.1) is 6.17 Å². The Balaban J connectivity index is 1.56. The zero-order valence-corrected chi connectivity index (χ0v) is 12.9. The summed E-state index contributed by atoms with van der Waals surface area (Å²) in [5.41, 5.74) is 2.52. The van der Waals surface area contributed by atoms with E-state index >= 15 is 0 Å². The summed E-state index contributed by atoms with van der Waals surface area (Å²) in [7, 11) is 4.12. The average Bonchev–Trinajstić information content (AvgIpc) is 2.94. The maximum atomic E-state index is 11.3. The number of anilines is 2. The maximum Gasteiger partial charge on any atom is 0.221 e. The van der Waals surface area contributed by atoms with Crippen molar-refractivity contribution in [1.29, 1.82) is 0 Å². The first kappa shape index (κ1) is 14.2. The van der Waals surface area contributed by atoms with E-state index in [0.717, 1.165) is 32.6 Å². The van der Waals surface area contributed by atoms with Crippen LogP contribution in [0.3, 0.4) is 0 Å². The molecular weight excluding hydrogens is 264 g/mol. The fraction of sp³-hybridized carbons (Fsp3) is 0.562. The van der Waals surface area contributed by atoms with E-state index in [2.05, 4.69) is 58.4 Å². The quantitative estimate of drug-likeness (QED) is 0.904. The number of hydrogen-bond donors (Lipinski definition) is 1. The number of carbonyl (C=O) groups excluding carboxylic acids is 1. The SMILES string of the molecule is CN(C)c1ccc(N2CCN(C3CCC(=O)N3)CC2)cc1. The molecule has 1 N–H and O–H groups in total. The molecule has 5 heteroatoms. The molecule has 114 valence electrons. The van der Waals surface area contributed by atoms with E-state index in [0.29, 0.717) is 6.42 Å². The van der Waals surface area contributed by atoms with E-state index in [1.54, 1.807) is 0 Å². The molecule has 0 bridgehead atoms. The highest BCUT2D eigenvalue weighted by molar-refractivity contribution is 5.78. The maximum absolute atomic E-state index is 11.3. The molecule has 2 heterocycles. The zero-order chi connectivity index (χ0) is 14.8. The van der Waals surface area contributed by atoms with Gasteiger partial charge in [-0.05, 0) is 30.7 Å². The Kier molecular flexibility index (Phi) is 4.01. The van der Waals surface area contributed by atoms with Gasteiger partial charge in [-0.2, -0.15) is 0 Å². The first-order valence-corrected chi connectivity index (χ1v) is 7.69. The number of amides is 1. The molecular formula is C16H24N4O. The molecule has 0 spiro atoms. The van der Waals surface area contributed by atoms with Crippen molar-refractivity contribution in [2.45, 2.75) is 19.0 Å². The molecule has 1 aromatic rings. The van der Waals surface area contributed by atoms with Gasteiger partial charge in [0.15, 0.2) is 0 Å². The first-order chi connectivity index (χ1) is 10.1. The van der Waals surface area contributed by atoms with Gasteiger partial charge in [-0.25, -0.2) is 0 Å². The number of piperazine rings is 1. The molecule has 5 nitrogen and oxygen atoms in total. The smallest absolute Gasteiger partial charge is 0.221 e. The van der Waals surface area contributed by atoms with Gasteiger partial charge in [-0.1, -0.05) is 0 Å². The van der Waals surface area contributed by atoms with Crippen LogP contribution in [0.2, 0.25) is 0 Å². The van der Waals surface area contributed by atoms with Crippen LogP contribution in [0.25, 0.3) is 0 Å². The van der Waals surface area contributed by atoms with Crippen LogP contribution in [0.4, 0.5) is 11.4 Å². The normalized spacial score (nSPS) is 23.2. The third-order valence-corrected chi connectivity index (χ3v) is 4.46. The van der Waals surface area contributed by atoms with Gasteiger partial charge in [-0.15, -0.1) is 0 Å². The van der Waals surface area contributed by atoms with Gasteiger partial charge in [0.25, 0.3) is 0 Å². The van der Waals surface area contributed by atoms with Gasteiger partial charge < -0.3 is 15.1 Å². The zero-order valence-electron chi connectivity index (χ0n) is 12.9. The van der Waals surface area contributed by atoms with Crippen molar-refractivity contribution in [2.24, 2.45) is 0 Å². The van der Waals surface area contributed by atoms with E-state index in [4.69, 9.17) is 0 Å². The number of rotatable bonds is 3. The highest BCUT2D eigenvalue weighted by atomic mass is 16.2. The second kappa shape index (κ2) is 5.93. The fourth-order valence-electron chi connectivity index (χ4n) is 3.13. The summed E-state index contributed by atoms with van der Waals surface area (Å²) in [6.45, 7) is 4.07. The molecule has 0 aliphatic carbocycles. The Bertz CT molecular complexity index is 492. The number of nitrogens with zero attached hydrogens (tertiary/aromatic N) is 3. The molecule has 1 aromatic carbocycles. The van der Waals surface area contributed by atoms with Gasteiger partial charge in [0.2, 0.25) is 5.91 Å². The minimum Gasteiger partial charge on any atom is -0.378 e. The Labute approximate surface area is 126 Å². The molecule has 1 amide bonds. The third kappa shape index (κ3) is 3.13.